The van der Waals surface area contributed by atoms with E-state index in [1.165, 1.54) is 31.4 Å². The van der Waals surface area contributed by atoms with Crippen molar-refractivity contribution in [1.29, 1.82) is 0 Å². The predicted octanol–water partition coefficient (Wildman–Crippen LogP) is 2.41. The molecule has 2 nitrogen and oxygen atoms in total. The lowest BCUT2D eigenvalue weighted by atomic mass is 10.1. The normalized spacial score (nSPS) is 12.2. The summed E-state index contributed by atoms with van der Waals surface area (Å²) in [7, 11) is 1.24. The lowest BCUT2D eigenvalue weighted by Crippen LogP contribution is -2.00. The lowest BCUT2D eigenvalue weighted by molar-refractivity contribution is 0.0600. The van der Waals surface area contributed by atoms with Crippen LogP contribution in [0.4, 0.5) is 8.78 Å². The fraction of sp³-hybridized carbons (Fsp3) is 0.222. The van der Waals surface area contributed by atoms with Gasteiger partial charge in [0.25, 0.3) is 6.43 Å². The summed E-state index contributed by atoms with van der Waals surface area (Å²) >= 11 is 0. The monoisotopic (exact) mass is 185 g/mol. The van der Waals surface area contributed by atoms with Gasteiger partial charge in [-0.25, -0.2) is 13.6 Å². The molecule has 1 aromatic carbocycles. The molecule has 70 valence electrons. The topological polar surface area (TPSA) is 26.3 Å². The summed E-state index contributed by atoms with van der Waals surface area (Å²) in [6.45, 7) is 0. The summed E-state index contributed by atoms with van der Waals surface area (Å²) in [4.78, 5) is 10.9. The van der Waals surface area contributed by atoms with Gasteiger partial charge in [0.2, 0.25) is 0 Å². The van der Waals surface area contributed by atoms with Crippen molar-refractivity contribution in [2.75, 3.05) is 7.11 Å². The zero-order valence-corrected chi connectivity index (χ0v) is 6.96. The standard InChI is InChI=1S/C9H8F2O2/c1-13-9(12)7-4-2-6(3-5-7)8(10)11/h2-5,8H,1H3/i10-1. The van der Waals surface area contributed by atoms with E-state index >= 15 is 0 Å². The third kappa shape index (κ3) is 2.24. The quantitative estimate of drug-likeness (QED) is 0.661. The largest absolute Gasteiger partial charge is 0.465 e. The van der Waals surface area contributed by atoms with E-state index in [4.69, 9.17) is 0 Å². The van der Waals surface area contributed by atoms with Gasteiger partial charge in [-0.05, 0) is 12.1 Å². The van der Waals surface area contributed by atoms with E-state index in [0.29, 0.717) is 0 Å². The Hall–Kier alpha value is -1.45. The molecule has 0 aliphatic heterocycles. The Morgan fingerprint density at radius 3 is 2.23 bits per heavy atom. The molecule has 13 heavy (non-hydrogen) atoms. The zero-order chi connectivity index (χ0) is 9.84. The van der Waals surface area contributed by atoms with Gasteiger partial charge in [0, 0.05) is 5.56 Å². The van der Waals surface area contributed by atoms with Crippen LogP contribution in [0, 0.1) is 0 Å². The molecule has 1 atom stereocenters. The molecule has 1 rings (SSSR count). The molecule has 1 aromatic rings. The summed E-state index contributed by atoms with van der Waals surface area (Å²) in [5.41, 5.74) is 0.166. The van der Waals surface area contributed by atoms with Crippen LogP contribution in [0.5, 0.6) is 0 Å². The molecule has 0 saturated heterocycles. The number of alkyl halides is 2. The average Bonchev–Trinajstić information content (AvgIpc) is 2.17. The number of methoxy groups -OCH3 is 1. The van der Waals surface area contributed by atoms with Gasteiger partial charge in [0.05, 0.1) is 12.7 Å². The second kappa shape index (κ2) is 3.98. The van der Waals surface area contributed by atoms with Gasteiger partial charge >= 0.3 is 5.97 Å². The minimum absolute atomic E-state index is 0.104. The van der Waals surface area contributed by atoms with Gasteiger partial charge in [-0.3, -0.25) is 0 Å². The minimum atomic E-state index is -2.51. The number of benzene rings is 1. The predicted molar refractivity (Wildman–Crippen MR) is 42.7 cm³/mol. The van der Waals surface area contributed by atoms with E-state index < -0.39 is 12.4 Å². The first kappa shape index (κ1) is 9.64. The highest BCUT2D eigenvalue weighted by Crippen LogP contribution is 2.18. The van der Waals surface area contributed by atoms with Crippen molar-refractivity contribution in [1.82, 2.24) is 0 Å². The summed E-state index contributed by atoms with van der Waals surface area (Å²) in [5, 5.41) is 0. The third-order valence-electron chi connectivity index (χ3n) is 1.58. The van der Waals surface area contributed by atoms with Crippen molar-refractivity contribution in [3.8, 4) is 0 Å². The Balaban J connectivity index is 2.87. The molecule has 0 fully saturated rings. The van der Waals surface area contributed by atoms with E-state index in [0.717, 1.165) is 0 Å². The van der Waals surface area contributed by atoms with Gasteiger partial charge in [-0.15, -0.1) is 0 Å². The Morgan fingerprint density at radius 1 is 1.31 bits per heavy atom. The molecular weight excluding hydrogens is 177 g/mol. The highest BCUT2D eigenvalue weighted by atomic mass is 19.2. The first-order chi connectivity index (χ1) is 6.15. The highest BCUT2D eigenvalue weighted by Gasteiger charge is 2.08. The number of hydrogen-bond acceptors (Lipinski definition) is 2. The number of halogens is 2. The molecule has 0 amide bonds. The first-order valence-electron chi connectivity index (χ1n) is 3.61. The molecule has 4 heteroatoms. The van der Waals surface area contributed by atoms with Crippen LogP contribution in [0.1, 0.15) is 22.3 Å². The fourth-order valence-corrected chi connectivity index (χ4v) is 0.883. The SMILES string of the molecule is COC(=O)c1ccc(C(F)[18F])cc1. The Kier molecular flexibility index (Phi) is 2.95. The van der Waals surface area contributed by atoms with Crippen LogP contribution in [-0.4, -0.2) is 13.1 Å². The van der Waals surface area contributed by atoms with E-state index in [1.807, 2.05) is 0 Å². The molecule has 1 unspecified atom stereocenters. The maximum atomic E-state index is 12.1. The molecular formula is C9H8F2O2. The van der Waals surface area contributed by atoms with Crippen LogP contribution < -0.4 is 0 Å². The number of hydrogen-bond donors (Lipinski definition) is 0. The summed E-state index contributed by atoms with van der Waals surface area (Å²) in [5.74, 6) is -0.527. The maximum absolute atomic E-state index is 12.1. The maximum Gasteiger partial charge on any atom is 0.337 e. The van der Waals surface area contributed by atoms with Crippen LogP contribution in [0.2, 0.25) is 0 Å². The van der Waals surface area contributed by atoms with E-state index in [9.17, 15) is 13.6 Å². The molecule has 0 heterocycles. The molecule has 0 aliphatic rings. The smallest absolute Gasteiger partial charge is 0.337 e. The molecule has 0 N–H and O–H groups in total. The second-order valence-corrected chi connectivity index (χ2v) is 2.41. The molecule has 0 aliphatic carbocycles. The molecule has 0 aromatic heterocycles. The van der Waals surface area contributed by atoms with Crippen LogP contribution >= 0.6 is 0 Å². The van der Waals surface area contributed by atoms with Crippen molar-refractivity contribution >= 4 is 5.97 Å². The van der Waals surface area contributed by atoms with Gasteiger partial charge in [-0.1, -0.05) is 12.1 Å². The second-order valence-electron chi connectivity index (χ2n) is 2.41. The number of rotatable bonds is 2. The number of ether oxygens (including phenoxy) is 1. The van der Waals surface area contributed by atoms with Crippen LogP contribution in [-0.2, 0) is 4.74 Å². The summed E-state index contributed by atoms with van der Waals surface area (Å²) in [6.07, 6.45) is -2.51. The van der Waals surface area contributed by atoms with Crippen molar-refractivity contribution in [3.05, 3.63) is 35.4 Å². The Labute approximate surface area is 74.1 Å². The van der Waals surface area contributed by atoms with Crippen LogP contribution in [0.15, 0.2) is 24.3 Å². The van der Waals surface area contributed by atoms with Gasteiger partial charge in [0.15, 0.2) is 0 Å². The zero-order valence-electron chi connectivity index (χ0n) is 6.96. The third-order valence-corrected chi connectivity index (χ3v) is 1.58. The van der Waals surface area contributed by atoms with E-state index in [2.05, 4.69) is 4.74 Å². The van der Waals surface area contributed by atoms with Crippen LogP contribution in [0.25, 0.3) is 0 Å². The van der Waals surface area contributed by atoms with Crippen molar-refractivity contribution in [2.45, 2.75) is 6.43 Å². The number of carbonyl (C=O) groups is 1. The van der Waals surface area contributed by atoms with Crippen molar-refractivity contribution in [2.24, 2.45) is 0 Å². The summed E-state index contributed by atoms with van der Waals surface area (Å²) in [6, 6.07) is 5.04. The van der Waals surface area contributed by atoms with Gasteiger partial charge in [0.1, 0.15) is 0 Å². The van der Waals surface area contributed by atoms with Gasteiger partial charge < -0.3 is 4.74 Å². The molecule has 0 saturated carbocycles. The number of esters is 1. The minimum Gasteiger partial charge on any atom is -0.465 e. The number of carbonyl (C=O) groups excluding carboxylic acids is 1. The molecule has 0 bridgehead atoms. The van der Waals surface area contributed by atoms with Crippen molar-refractivity contribution in [3.63, 3.8) is 0 Å². The van der Waals surface area contributed by atoms with Crippen molar-refractivity contribution < 1.29 is 18.3 Å². The molecule has 0 radical (unpaired) electrons. The average molecular weight is 185 g/mol. The van der Waals surface area contributed by atoms with E-state index in [1.54, 1.807) is 0 Å². The highest BCUT2D eigenvalue weighted by molar-refractivity contribution is 5.89. The summed E-state index contributed by atoms with van der Waals surface area (Å²) < 4.78 is 28.5. The molecule has 0 spiro atoms. The lowest BCUT2D eigenvalue weighted by Gasteiger charge is -2.01. The Morgan fingerprint density at radius 2 is 1.85 bits per heavy atom. The van der Waals surface area contributed by atoms with E-state index in [-0.39, 0.29) is 11.1 Å². The Bertz CT molecular complexity index is 293. The van der Waals surface area contributed by atoms with Gasteiger partial charge in [-0.2, -0.15) is 0 Å². The first-order valence-corrected chi connectivity index (χ1v) is 3.61. The van der Waals surface area contributed by atoms with Crippen LogP contribution in [0.3, 0.4) is 0 Å². The fourth-order valence-electron chi connectivity index (χ4n) is 0.883.